The Morgan fingerprint density at radius 3 is 1.80 bits per heavy atom. The van der Waals surface area contributed by atoms with E-state index < -0.39 is 0 Å². The van der Waals surface area contributed by atoms with Crippen molar-refractivity contribution in [3.8, 4) is 0 Å². The van der Waals surface area contributed by atoms with Crippen LogP contribution in [0.15, 0.2) is 0 Å². The zero-order chi connectivity index (χ0) is 14.3. The molecule has 0 amide bonds. The predicted octanol–water partition coefficient (Wildman–Crippen LogP) is 4.82. The summed E-state index contributed by atoms with van der Waals surface area (Å²) < 4.78 is 6.69. The smallest absolute Gasteiger partial charge is 0.0814 e. The summed E-state index contributed by atoms with van der Waals surface area (Å²) in [5.74, 6) is 0. The number of nitrogens with one attached hydrogen (secondary N) is 1. The van der Waals surface area contributed by atoms with E-state index in [2.05, 4.69) is 19.2 Å². The lowest BCUT2D eigenvalue weighted by Crippen LogP contribution is -2.59. The van der Waals surface area contributed by atoms with Gasteiger partial charge in [0.05, 0.1) is 11.2 Å². The lowest BCUT2D eigenvalue weighted by molar-refractivity contribution is -0.179. The zero-order valence-electron chi connectivity index (χ0n) is 13.8. The summed E-state index contributed by atoms with van der Waals surface area (Å²) in [6.07, 6.45) is 16.3. The molecule has 0 aromatic heterocycles. The minimum Gasteiger partial charge on any atom is -0.366 e. The highest BCUT2D eigenvalue weighted by Crippen LogP contribution is 2.35. The predicted molar refractivity (Wildman–Crippen MR) is 86.2 cm³/mol. The van der Waals surface area contributed by atoms with Gasteiger partial charge in [0, 0.05) is 13.1 Å². The first-order valence-electron chi connectivity index (χ1n) is 9.09. The normalized spacial score (nSPS) is 33.3. The van der Waals surface area contributed by atoms with Crippen molar-refractivity contribution in [2.45, 2.75) is 102 Å². The van der Waals surface area contributed by atoms with Crippen LogP contribution in [0.1, 0.15) is 90.9 Å². The van der Waals surface area contributed by atoms with Gasteiger partial charge in [0.25, 0.3) is 0 Å². The molecule has 118 valence electrons. The van der Waals surface area contributed by atoms with Crippen LogP contribution in [0.25, 0.3) is 0 Å². The van der Waals surface area contributed by atoms with E-state index in [-0.39, 0.29) is 11.2 Å². The van der Waals surface area contributed by atoms with Crippen molar-refractivity contribution < 1.29 is 4.74 Å². The fourth-order valence-electron chi connectivity index (χ4n) is 3.88. The molecule has 1 saturated heterocycles. The molecule has 2 fully saturated rings. The van der Waals surface area contributed by atoms with Crippen molar-refractivity contribution in [3.63, 3.8) is 0 Å². The van der Waals surface area contributed by atoms with Gasteiger partial charge >= 0.3 is 0 Å². The highest BCUT2D eigenvalue weighted by molar-refractivity contribution is 4.94. The van der Waals surface area contributed by atoms with Crippen molar-refractivity contribution in [1.82, 2.24) is 5.32 Å². The fraction of sp³-hybridized carbons (Fsp3) is 1.00. The molecule has 0 radical (unpaired) electrons. The maximum Gasteiger partial charge on any atom is 0.0814 e. The van der Waals surface area contributed by atoms with Gasteiger partial charge in [0.1, 0.15) is 0 Å². The first-order valence-corrected chi connectivity index (χ1v) is 9.09. The van der Waals surface area contributed by atoms with Gasteiger partial charge in [-0.2, -0.15) is 0 Å². The SMILES string of the molecule is CCC1(C)CNCC2(CCCCCCCCCCC2)O1. The fourth-order valence-corrected chi connectivity index (χ4v) is 3.88. The second-order valence-corrected chi connectivity index (χ2v) is 7.37. The molecule has 1 saturated carbocycles. The Balaban J connectivity index is 1.96. The maximum absolute atomic E-state index is 6.69. The summed E-state index contributed by atoms with van der Waals surface area (Å²) >= 11 is 0. The minimum atomic E-state index is 0.0509. The van der Waals surface area contributed by atoms with Crippen molar-refractivity contribution >= 4 is 0 Å². The van der Waals surface area contributed by atoms with Gasteiger partial charge in [-0.3, -0.25) is 0 Å². The second-order valence-electron chi connectivity index (χ2n) is 7.37. The van der Waals surface area contributed by atoms with E-state index in [0.717, 1.165) is 19.5 Å². The topological polar surface area (TPSA) is 21.3 Å². The van der Waals surface area contributed by atoms with Crippen molar-refractivity contribution in [2.24, 2.45) is 0 Å². The van der Waals surface area contributed by atoms with Gasteiger partial charge in [0.2, 0.25) is 0 Å². The molecule has 2 heteroatoms. The average molecular weight is 281 g/mol. The molecule has 2 rings (SSSR count). The van der Waals surface area contributed by atoms with Crippen LogP contribution in [0.2, 0.25) is 0 Å². The van der Waals surface area contributed by atoms with Crippen LogP contribution in [-0.2, 0) is 4.74 Å². The van der Waals surface area contributed by atoms with Crippen LogP contribution < -0.4 is 5.32 Å². The van der Waals surface area contributed by atoms with Gasteiger partial charge < -0.3 is 10.1 Å². The lowest BCUT2D eigenvalue weighted by atomic mass is 9.85. The van der Waals surface area contributed by atoms with Crippen LogP contribution in [0.5, 0.6) is 0 Å². The Kier molecular flexibility index (Phi) is 6.35. The summed E-state index contributed by atoms with van der Waals surface area (Å²) in [7, 11) is 0. The van der Waals surface area contributed by atoms with Crippen molar-refractivity contribution in [3.05, 3.63) is 0 Å². The number of ether oxygens (including phenoxy) is 1. The van der Waals surface area contributed by atoms with Crippen molar-refractivity contribution in [2.75, 3.05) is 13.1 Å². The Morgan fingerprint density at radius 2 is 1.30 bits per heavy atom. The van der Waals surface area contributed by atoms with E-state index in [1.165, 1.54) is 70.6 Å². The first kappa shape index (κ1) is 16.3. The molecular formula is C18H35NO. The maximum atomic E-state index is 6.69. The van der Waals surface area contributed by atoms with E-state index in [1.807, 2.05) is 0 Å². The third-order valence-electron chi connectivity index (χ3n) is 5.42. The van der Waals surface area contributed by atoms with E-state index in [9.17, 15) is 0 Å². The van der Waals surface area contributed by atoms with Gasteiger partial charge in [0.15, 0.2) is 0 Å². The van der Waals surface area contributed by atoms with Gasteiger partial charge in [-0.05, 0) is 26.2 Å². The van der Waals surface area contributed by atoms with Gasteiger partial charge in [-0.15, -0.1) is 0 Å². The average Bonchev–Trinajstić information content (AvgIpc) is 2.43. The second kappa shape index (κ2) is 7.79. The molecule has 2 nitrogen and oxygen atoms in total. The molecule has 0 aromatic carbocycles. The van der Waals surface area contributed by atoms with Crippen LogP contribution in [0.4, 0.5) is 0 Å². The Hall–Kier alpha value is -0.0800. The van der Waals surface area contributed by atoms with Crippen LogP contribution in [0.3, 0.4) is 0 Å². The number of morpholine rings is 1. The zero-order valence-corrected chi connectivity index (χ0v) is 13.8. The molecule has 2 aliphatic rings. The number of hydrogen-bond acceptors (Lipinski definition) is 2. The molecule has 20 heavy (non-hydrogen) atoms. The Labute approximate surface area is 126 Å². The largest absolute Gasteiger partial charge is 0.366 e. The standard InChI is InChI=1S/C18H35NO/c1-3-17(2)15-19-16-18(20-17)13-11-9-7-5-4-6-8-10-12-14-18/h19H,3-16H2,1-2H3. The highest BCUT2D eigenvalue weighted by Gasteiger charge is 2.41. The molecular weight excluding hydrogens is 246 g/mol. The summed E-state index contributed by atoms with van der Waals surface area (Å²) in [5, 5.41) is 3.67. The summed E-state index contributed by atoms with van der Waals surface area (Å²) in [6, 6.07) is 0. The summed E-state index contributed by atoms with van der Waals surface area (Å²) in [4.78, 5) is 0. The lowest BCUT2D eigenvalue weighted by Gasteiger charge is -2.47. The molecule has 1 aliphatic heterocycles. The number of rotatable bonds is 1. The molecule has 0 aromatic rings. The third-order valence-corrected chi connectivity index (χ3v) is 5.42. The quantitative estimate of drug-likeness (QED) is 0.744. The van der Waals surface area contributed by atoms with Crippen LogP contribution >= 0.6 is 0 Å². The van der Waals surface area contributed by atoms with Gasteiger partial charge in [-0.25, -0.2) is 0 Å². The van der Waals surface area contributed by atoms with E-state index in [0.29, 0.717) is 0 Å². The molecule has 1 N–H and O–H groups in total. The molecule has 1 heterocycles. The summed E-state index contributed by atoms with van der Waals surface area (Å²) in [6.45, 7) is 6.64. The van der Waals surface area contributed by atoms with Gasteiger partial charge in [-0.1, -0.05) is 64.7 Å². The number of hydrogen-bond donors (Lipinski definition) is 1. The monoisotopic (exact) mass is 281 g/mol. The van der Waals surface area contributed by atoms with Crippen LogP contribution in [-0.4, -0.2) is 24.3 Å². The summed E-state index contributed by atoms with van der Waals surface area (Å²) in [5.41, 5.74) is 0.178. The Bertz CT molecular complexity index is 267. The van der Waals surface area contributed by atoms with Crippen LogP contribution in [0, 0.1) is 0 Å². The molecule has 1 spiro atoms. The Morgan fingerprint density at radius 1 is 0.800 bits per heavy atom. The minimum absolute atomic E-state index is 0.0509. The third kappa shape index (κ3) is 4.73. The first-order chi connectivity index (χ1) is 9.68. The highest BCUT2D eigenvalue weighted by atomic mass is 16.5. The van der Waals surface area contributed by atoms with E-state index in [1.54, 1.807) is 0 Å². The molecule has 1 atom stereocenters. The molecule has 1 aliphatic carbocycles. The van der Waals surface area contributed by atoms with E-state index in [4.69, 9.17) is 4.74 Å². The van der Waals surface area contributed by atoms with E-state index >= 15 is 0 Å². The molecule has 0 bridgehead atoms. The van der Waals surface area contributed by atoms with Crippen molar-refractivity contribution in [1.29, 1.82) is 0 Å². The molecule has 1 unspecified atom stereocenters.